The number of carbonyl (C=O) groups is 2. The molecule has 0 saturated heterocycles. The molecule has 3 N–H and O–H groups in total. The van der Waals surface area contributed by atoms with Crippen molar-refractivity contribution >= 4 is 17.6 Å². The van der Waals surface area contributed by atoms with E-state index in [-0.39, 0.29) is 40.8 Å². The number of Topliss-reactive ketones (excluding diaryl/α,β-unsaturated/α-hetero) is 1. The lowest BCUT2D eigenvalue weighted by Gasteiger charge is -2.15. The Labute approximate surface area is 197 Å². The second-order valence-electron chi connectivity index (χ2n) is 8.19. The standard InChI is InChI=1S/C26H26N4O4/c1-4-17(22-15(2)28-30(16(22)3)18-10-6-5-7-11-18)14-21(31)24-23(25(27)29-34-24)19-12-8-9-13-20(19)26(32)33/h5-13,17H,4,14H2,1-3H3,(H2,27,29)(H,32,33). The Morgan fingerprint density at radius 3 is 2.44 bits per heavy atom. The number of carbonyl (C=O) groups excluding carboxylic acids is 1. The molecule has 0 aliphatic heterocycles. The third kappa shape index (κ3) is 4.10. The number of nitrogen functional groups attached to an aromatic ring is 1. The monoisotopic (exact) mass is 458 g/mol. The summed E-state index contributed by atoms with van der Waals surface area (Å²) >= 11 is 0. The average Bonchev–Trinajstić information content (AvgIpc) is 3.37. The van der Waals surface area contributed by atoms with Crippen molar-refractivity contribution in [1.29, 1.82) is 0 Å². The highest BCUT2D eigenvalue weighted by Crippen LogP contribution is 2.36. The van der Waals surface area contributed by atoms with E-state index in [2.05, 4.69) is 5.16 Å². The third-order valence-electron chi connectivity index (χ3n) is 6.08. The van der Waals surface area contributed by atoms with E-state index < -0.39 is 5.97 Å². The van der Waals surface area contributed by atoms with Gasteiger partial charge in [-0.1, -0.05) is 48.5 Å². The largest absolute Gasteiger partial charge is 0.478 e. The molecule has 1 unspecified atom stereocenters. The van der Waals surface area contributed by atoms with Crippen LogP contribution in [0.15, 0.2) is 59.1 Å². The summed E-state index contributed by atoms with van der Waals surface area (Å²) in [5, 5.41) is 18.1. The van der Waals surface area contributed by atoms with Crippen molar-refractivity contribution in [3.63, 3.8) is 0 Å². The fourth-order valence-corrected chi connectivity index (χ4v) is 4.47. The van der Waals surface area contributed by atoms with Crippen LogP contribution in [0.3, 0.4) is 0 Å². The normalized spacial score (nSPS) is 12.0. The van der Waals surface area contributed by atoms with Gasteiger partial charge in [-0.05, 0) is 49.9 Å². The van der Waals surface area contributed by atoms with E-state index in [1.165, 1.54) is 6.07 Å². The minimum atomic E-state index is -1.12. The summed E-state index contributed by atoms with van der Waals surface area (Å²) < 4.78 is 7.21. The van der Waals surface area contributed by atoms with Crippen LogP contribution in [0.5, 0.6) is 0 Å². The summed E-state index contributed by atoms with van der Waals surface area (Å²) in [7, 11) is 0. The molecule has 4 rings (SSSR count). The molecule has 0 amide bonds. The van der Waals surface area contributed by atoms with Crippen LogP contribution in [0.25, 0.3) is 16.8 Å². The van der Waals surface area contributed by atoms with Gasteiger partial charge in [-0.15, -0.1) is 0 Å². The van der Waals surface area contributed by atoms with Gasteiger partial charge in [0, 0.05) is 17.7 Å². The second-order valence-corrected chi connectivity index (χ2v) is 8.19. The SMILES string of the molecule is CCC(CC(=O)c1onc(N)c1-c1ccccc1C(=O)O)c1c(C)nn(-c2ccccc2)c1C. The van der Waals surface area contributed by atoms with Gasteiger partial charge in [-0.3, -0.25) is 4.79 Å². The molecule has 8 nitrogen and oxygen atoms in total. The number of hydrogen-bond acceptors (Lipinski definition) is 6. The van der Waals surface area contributed by atoms with Gasteiger partial charge in [0.1, 0.15) is 0 Å². The summed E-state index contributed by atoms with van der Waals surface area (Å²) in [5.74, 6) is -1.58. The Bertz CT molecular complexity index is 1350. The first kappa shape index (κ1) is 23.0. The van der Waals surface area contributed by atoms with Crippen molar-refractivity contribution in [1.82, 2.24) is 14.9 Å². The van der Waals surface area contributed by atoms with E-state index in [9.17, 15) is 14.7 Å². The topological polar surface area (TPSA) is 124 Å². The number of aryl methyl sites for hydroxylation is 1. The van der Waals surface area contributed by atoms with Gasteiger partial charge >= 0.3 is 5.97 Å². The maximum absolute atomic E-state index is 13.4. The third-order valence-corrected chi connectivity index (χ3v) is 6.08. The number of hydrogen-bond donors (Lipinski definition) is 2. The van der Waals surface area contributed by atoms with E-state index >= 15 is 0 Å². The van der Waals surface area contributed by atoms with E-state index in [4.69, 9.17) is 15.4 Å². The summed E-state index contributed by atoms with van der Waals surface area (Å²) in [4.78, 5) is 25.1. The molecule has 0 bridgehead atoms. The molecular weight excluding hydrogens is 432 g/mol. The minimum absolute atomic E-state index is 0.0191. The number of carboxylic acids is 1. The predicted octanol–water partition coefficient (Wildman–Crippen LogP) is 5.19. The Morgan fingerprint density at radius 1 is 1.09 bits per heavy atom. The van der Waals surface area contributed by atoms with E-state index in [1.54, 1.807) is 18.2 Å². The van der Waals surface area contributed by atoms with Crippen molar-refractivity contribution in [3.05, 3.63) is 82.9 Å². The van der Waals surface area contributed by atoms with Gasteiger partial charge in [-0.25, -0.2) is 9.48 Å². The zero-order chi connectivity index (χ0) is 24.4. The molecule has 0 aliphatic rings. The van der Waals surface area contributed by atoms with Crippen molar-refractivity contribution in [2.75, 3.05) is 5.73 Å². The van der Waals surface area contributed by atoms with Crippen molar-refractivity contribution in [2.24, 2.45) is 0 Å². The molecule has 174 valence electrons. The molecule has 0 saturated carbocycles. The van der Waals surface area contributed by atoms with Gasteiger partial charge in [-0.2, -0.15) is 5.10 Å². The number of aromatic carboxylic acids is 1. The number of benzene rings is 2. The maximum atomic E-state index is 13.4. The molecule has 0 fully saturated rings. The minimum Gasteiger partial charge on any atom is -0.478 e. The molecule has 2 aromatic carbocycles. The highest BCUT2D eigenvalue weighted by atomic mass is 16.5. The summed E-state index contributed by atoms with van der Waals surface area (Å²) in [5.41, 5.74) is 10.3. The second kappa shape index (κ2) is 9.35. The fourth-order valence-electron chi connectivity index (χ4n) is 4.47. The average molecular weight is 459 g/mol. The zero-order valence-corrected chi connectivity index (χ0v) is 19.3. The van der Waals surface area contributed by atoms with Crippen LogP contribution in [0.1, 0.15) is 63.5 Å². The number of anilines is 1. The van der Waals surface area contributed by atoms with E-state index in [0.29, 0.717) is 12.0 Å². The quantitative estimate of drug-likeness (QED) is 0.348. The fraction of sp³-hybridized carbons (Fsp3) is 0.231. The Kier molecular flexibility index (Phi) is 6.32. The van der Waals surface area contributed by atoms with Crippen LogP contribution in [-0.4, -0.2) is 31.8 Å². The van der Waals surface area contributed by atoms with Gasteiger partial charge in [0.15, 0.2) is 5.82 Å². The molecule has 34 heavy (non-hydrogen) atoms. The van der Waals surface area contributed by atoms with Crippen LogP contribution in [0.2, 0.25) is 0 Å². The molecule has 0 spiro atoms. The van der Waals surface area contributed by atoms with Crippen LogP contribution in [0.4, 0.5) is 5.82 Å². The van der Waals surface area contributed by atoms with Crippen LogP contribution in [0, 0.1) is 13.8 Å². The zero-order valence-electron chi connectivity index (χ0n) is 19.3. The number of carboxylic acid groups (broad SMARTS) is 1. The molecule has 2 heterocycles. The number of para-hydroxylation sites is 1. The molecule has 4 aromatic rings. The van der Waals surface area contributed by atoms with Gasteiger partial charge in [0.2, 0.25) is 11.5 Å². The maximum Gasteiger partial charge on any atom is 0.336 e. The van der Waals surface area contributed by atoms with Crippen LogP contribution < -0.4 is 5.73 Å². The molecule has 0 aliphatic carbocycles. The van der Waals surface area contributed by atoms with Crippen molar-refractivity contribution < 1.29 is 19.2 Å². The smallest absolute Gasteiger partial charge is 0.336 e. The lowest BCUT2D eigenvalue weighted by molar-refractivity contribution is 0.0697. The van der Waals surface area contributed by atoms with Crippen molar-refractivity contribution in [2.45, 2.75) is 39.5 Å². The predicted molar refractivity (Wildman–Crippen MR) is 128 cm³/mol. The molecule has 1 atom stereocenters. The first-order valence-electron chi connectivity index (χ1n) is 11.1. The highest BCUT2D eigenvalue weighted by Gasteiger charge is 2.29. The number of nitrogens with two attached hydrogens (primary N) is 1. The molecule has 8 heteroatoms. The van der Waals surface area contributed by atoms with Gasteiger partial charge in [0.05, 0.1) is 22.5 Å². The van der Waals surface area contributed by atoms with Crippen molar-refractivity contribution in [3.8, 4) is 16.8 Å². The van der Waals surface area contributed by atoms with Gasteiger partial charge in [0.25, 0.3) is 0 Å². The van der Waals surface area contributed by atoms with Gasteiger partial charge < -0.3 is 15.4 Å². The summed E-state index contributed by atoms with van der Waals surface area (Å²) in [6, 6.07) is 16.2. The Morgan fingerprint density at radius 2 is 1.76 bits per heavy atom. The first-order chi connectivity index (χ1) is 16.3. The number of ketones is 1. The van der Waals surface area contributed by atoms with Crippen LogP contribution >= 0.6 is 0 Å². The number of rotatable bonds is 8. The Balaban J connectivity index is 1.70. The highest BCUT2D eigenvalue weighted by molar-refractivity contribution is 6.06. The van der Waals surface area contributed by atoms with Crippen LogP contribution in [-0.2, 0) is 0 Å². The summed E-state index contributed by atoms with van der Waals surface area (Å²) in [6.45, 7) is 5.96. The Hall–Kier alpha value is -4.20. The number of nitrogens with zero attached hydrogens (tertiary/aromatic N) is 3. The molecule has 0 radical (unpaired) electrons. The van der Waals surface area contributed by atoms with E-state index in [1.807, 2.05) is 55.8 Å². The lowest BCUT2D eigenvalue weighted by atomic mass is 9.88. The first-order valence-corrected chi connectivity index (χ1v) is 11.1. The molecule has 2 aromatic heterocycles. The molecular formula is C26H26N4O4. The lowest BCUT2D eigenvalue weighted by Crippen LogP contribution is -2.10. The number of aromatic nitrogens is 3. The van der Waals surface area contributed by atoms with E-state index in [0.717, 1.165) is 22.6 Å². The summed E-state index contributed by atoms with van der Waals surface area (Å²) in [6.07, 6.45) is 0.855.